The highest BCUT2D eigenvalue weighted by Crippen LogP contribution is 2.17. The molecular formula is C14H21ClN2O3. The van der Waals surface area contributed by atoms with Crippen molar-refractivity contribution in [1.82, 2.24) is 5.32 Å². The van der Waals surface area contributed by atoms with Gasteiger partial charge in [0.1, 0.15) is 0 Å². The Labute approximate surface area is 124 Å². The largest absolute Gasteiger partial charge is 0.382 e. The maximum absolute atomic E-state index is 11.0. The number of hydrogen-bond donors (Lipinski definition) is 2. The number of amides is 1. The van der Waals surface area contributed by atoms with Crippen molar-refractivity contribution in [3.05, 3.63) is 34.3 Å². The van der Waals surface area contributed by atoms with E-state index >= 15 is 0 Å². The molecule has 1 aromatic rings. The van der Waals surface area contributed by atoms with E-state index in [2.05, 4.69) is 5.32 Å². The Balaban J connectivity index is 2.20. The van der Waals surface area contributed by atoms with Gasteiger partial charge in [0.05, 0.1) is 13.2 Å². The normalized spacial score (nSPS) is 10.7. The molecule has 5 nitrogen and oxygen atoms in total. The van der Waals surface area contributed by atoms with E-state index in [1.54, 1.807) is 19.2 Å². The molecule has 1 amide bonds. The Morgan fingerprint density at radius 1 is 1.35 bits per heavy atom. The molecule has 0 aliphatic heterocycles. The van der Waals surface area contributed by atoms with Gasteiger partial charge in [-0.25, -0.2) is 0 Å². The van der Waals surface area contributed by atoms with Crippen LogP contribution < -0.4 is 11.1 Å². The zero-order valence-corrected chi connectivity index (χ0v) is 12.4. The fourth-order valence-electron chi connectivity index (χ4n) is 1.61. The summed E-state index contributed by atoms with van der Waals surface area (Å²) < 4.78 is 10.2. The molecule has 0 aliphatic carbocycles. The fraction of sp³-hybridized carbons (Fsp3) is 0.500. The number of carbonyl (C=O) groups excluding carboxylic acids is 1. The van der Waals surface area contributed by atoms with Crippen LogP contribution in [0.2, 0.25) is 5.02 Å². The molecule has 0 saturated heterocycles. The molecule has 20 heavy (non-hydrogen) atoms. The van der Waals surface area contributed by atoms with E-state index in [4.69, 9.17) is 26.8 Å². The minimum Gasteiger partial charge on any atom is -0.382 e. The number of carbonyl (C=O) groups is 1. The Morgan fingerprint density at radius 3 is 2.80 bits per heavy atom. The third-order valence-corrected chi connectivity index (χ3v) is 3.08. The minimum absolute atomic E-state index is 0.422. The molecule has 0 aromatic heterocycles. The summed E-state index contributed by atoms with van der Waals surface area (Å²) in [6.07, 6.45) is 0.917. The van der Waals surface area contributed by atoms with Crippen LogP contribution in [0.4, 0.5) is 0 Å². The molecule has 0 saturated carbocycles. The average molecular weight is 301 g/mol. The molecule has 112 valence electrons. The topological polar surface area (TPSA) is 73.6 Å². The molecule has 1 rings (SSSR count). The smallest absolute Gasteiger partial charge is 0.248 e. The summed E-state index contributed by atoms with van der Waals surface area (Å²) in [7, 11) is 1.65. The predicted molar refractivity (Wildman–Crippen MR) is 79.0 cm³/mol. The Hall–Kier alpha value is -1.14. The first kappa shape index (κ1) is 16.9. The van der Waals surface area contributed by atoms with Crippen molar-refractivity contribution in [2.24, 2.45) is 5.73 Å². The summed E-state index contributed by atoms with van der Waals surface area (Å²) in [6, 6.07) is 5.08. The first-order valence-electron chi connectivity index (χ1n) is 6.50. The molecule has 0 heterocycles. The molecule has 0 fully saturated rings. The summed E-state index contributed by atoms with van der Waals surface area (Å²) in [5.74, 6) is -0.473. The van der Waals surface area contributed by atoms with Crippen molar-refractivity contribution in [1.29, 1.82) is 0 Å². The van der Waals surface area contributed by atoms with Crippen LogP contribution in [0.1, 0.15) is 22.3 Å². The molecule has 6 heteroatoms. The van der Waals surface area contributed by atoms with E-state index in [-0.39, 0.29) is 0 Å². The van der Waals surface area contributed by atoms with Gasteiger partial charge in [-0.1, -0.05) is 17.7 Å². The Morgan fingerprint density at radius 2 is 2.15 bits per heavy atom. The number of rotatable bonds is 10. The van der Waals surface area contributed by atoms with E-state index < -0.39 is 5.91 Å². The van der Waals surface area contributed by atoms with Gasteiger partial charge >= 0.3 is 0 Å². The second-order valence-corrected chi connectivity index (χ2v) is 4.71. The highest BCUT2D eigenvalue weighted by atomic mass is 35.5. The SMILES string of the molecule is COCCOCCCNCc1ccc(C(N)=O)cc1Cl. The monoisotopic (exact) mass is 300 g/mol. The number of benzene rings is 1. The van der Waals surface area contributed by atoms with E-state index in [1.807, 2.05) is 6.07 Å². The zero-order valence-electron chi connectivity index (χ0n) is 11.7. The van der Waals surface area contributed by atoms with Crippen LogP contribution in [0.5, 0.6) is 0 Å². The summed E-state index contributed by atoms with van der Waals surface area (Å²) in [5, 5.41) is 3.82. The third kappa shape index (κ3) is 6.34. The summed E-state index contributed by atoms with van der Waals surface area (Å²) in [4.78, 5) is 11.0. The molecule has 1 aromatic carbocycles. The second kappa shape index (κ2) is 9.72. The van der Waals surface area contributed by atoms with Crippen LogP contribution >= 0.6 is 11.6 Å². The van der Waals surface area contributed by atoms with Crippen molar-refractivity contribution in [3.8, 4) is 0 Å². The second-order valence-electron chi connectivity index (χ2n) is 4.31. The molecule has 0 aliphatic rings. The molecule has 3 N–H and O–H groups in total. The van der Waals surface area contributed by atoms with Crippen LogP contribution in [-0.4, -0.2) is 39.4 Å². The molecule has 0 unspecified atom stereocenters. The van der Waals surface area contributed by atoms with Gasteiger partial charge in [-0.05, 0) is 30.7 Å². The predicted octanol–water partition coefficient (Wildman–Crippen LogP) is 1.58. The molecule has 0 radical (unpaired) electrons. The lowest BCUT2D eigenvalue weighted by Crippen LogP contribution is -2.17. The summed E-state index contributed by atoms with van der Waals surface area (Å²) in [6.45, 7) is 3.42. The first-order chi connectivity index (χ1) is 9.65. The standard InChI is InChI=1S/C14H21ClN2O3/c1-19-7-8-20-6-2-5-17-10-12-4-3-11(14(16)18)9-13(12)15/h3-4,9,17H,2,5-8,10H2,1H3,(H2,16,18). The number of primary amides is 1. The quantitative estimate of drug-likeness (QED) is 0.644. The molecule has 0 spiro atoms. The number of methoxy groups -OCH3 is 1. The Kier molecular flexibility index (Phi) is 8.22. The number of ether oxygens (including phenoxy) is 2. The Bertz CT molecular complexity index is 427. The number of nitrogens with two attached hydrogens (primary N) is 1. The van der Waals surface area contributed by atoms with Crippen LogP contribution in [0.3, 0.4) is 0 Å². The lowest BCUT2D eigenvalue weighted by Gasteiger charge is -2.08. The van der Waals surface area contributed by atoms with Gasteiger partial charge in [0.15, 0.2) is 0 Å². The minimum atomic E-state index is -0.473. The summed E-state index contributed by atoms with van der Waals surface area (Å²) >= 11 is 6.08. The fourth-order valence-corrected chi connectivity index (χ4v) is 1.86. The lowest BCUT2D eigenvalue weighted by molar-refractivity contribution is 0.0695. The van der Waals surface area contributed by atoms with Crippen molar-refractivity contribution in [2.75, 3.05) is 33.5 Å². The average Bonchev–Trinajstić information content (AvgIpc) is 2.43. The maximum atomic E-state index is 11.0. The van der Waals surface area contributed by atoms with Gasteiger partial charge in [-0.15, -0.1) is 0 Å². The van der Waals surface area contributed by atoms with Gasteiger partial charge in [-0.2, -0.15) is 0 Å². The van der Waals surface area contributed by atoms with E-state index in [1.165, 1.54) is 0 Å². The van der Waals surface area contributed by atoms with Gasteiger partial charge in [0.25, 0.3) is 0 Å². The van der Waals surface area contributed by atoms with Crippen molar-refractivity contribution in [2.45, 2.75) is 13.0 Å². The van der Waals surface area contributed by atoms with Crippen molar-refractivity contribution < 1.29 is 14.3 Å². The highest BCUT2D eigenvalue weighted by molar-refractivity contribution is 6.31. The number of hydrogen-bond acceptors (Lipinski definition) is 4. The third-order valence-electron chi connectivity index (χ3n) is 2.73. The molecular weight excluding hydrogens is 280 g/mol. The van der Waals surface area contributed by atoms with Gasteiger partial charge in [-0.3, -0.25) is 4.79 Å². The number of halogens is 1. The summed E-state index contributed by atoms with van der Waals surface area (Å²) in [5.41, 5.74) is 6.55. The van der Waals surface area contributed by atoms with Crippen LogP contribution in [0.25, 0.3) is 0 Å². The first-order valence-corrected chi connectivity index (χ1v) is 6.88. The van der Waals surface area contributed by atoms with Crippen molar-refractivity contribution >= 4 is 17.5 Å². The highest BCUT2D eigenvalue weighted by Gasteiger charge is 2.05. The van der Waals surface area contributed by atoms with Gasteiger partial charge in [0.2, 0.25) is 5.91 Å². The van der Waals surface area contributed by atoms with Gasteiger partial charge < -0.3 is 20.5 Å². The maximum Gasteiger partial charge on any atom is 0.248 e. The van der Waals surface area contributed by atoms with Crippen molar-refractivity contribution in [3.63, 3.8) is 0 Å². The molecule has 0 atom stereocenters. The van der Waals surface area contributed by atoms with Gasteiger partial charge in [0, 0.05) is 30.8 Å². The van der Waals surface area contributed by atoms with Crippen LogP contribution in [-0.2, 0) is 16.0 Å². The van der Waals surface area contributed by atoms with E-state index in [9.17, 15) is 4.79 Å². The van der Waals surface area contributed by atoms with Crippen LogP contribution in [0, 0.1) is 0 Å². The van der Waals surface area contributed by atoms with Crippen LogP contribution in [0.15, 0.2) is 18.2 Å². The number of nitrogens with one attached hydrogen (secondary N) is 1. The lowest BCUT2D eigenvalue weighted by atomic mass is 10.1. The zero-order chi connectivity index (χ0) is 14.8. The van der Waals surface area contributed by atoms with E-state index in [0.717, 1.165) is 18.5 Å². The van der Waals surface area contributed by atoms with E-state index in [0.29, 0.717) is 37.0 Å². The molecule has 0 bridgehead atoms.